The second-order valence-electron chi connectivity index (χ2n) is 7.53. The summed E-state index contributed by atoms with van der Waals surface area (Å²) in [6.45, 7) is 6.38. The maximum atomic E-state index is 12.6. The molecule has 1 atom stereocenters. The van der Waals surface area contributed by atoms with Crippen molar-refractivity contribution in [3.8, 4) is 11.6 Å². The molecule has 0 spiro atoms. The van der Waals surface area contributed by atoms with Gasteiger partial charge in [-0.2, -0.15) is 0 Å². The molecular weight excluding hydrogens is 328 g/mol. The Hall–Kier alpha value is -2.56. The Morgan fingerprint density at radius 2 is 1.88 bits per heavy atom. The third-order valence-electron chi connectivity index (χ3n) is 4.24. The van der Waals surface area contributed by atoms with Crippen molar-refractivity contribution in [3.63, 3.8) is 0 Å². The molecule has 1 aromatic carbocycles. The third-order valence-corrected chi connectivity index (χ3v) is 4.24. The molecule has 0 radical (unpaired) electrons. The van der Waals surface area contributed by atoms with Crippen LogP contribution in [0.3, 0.4) is 0 Å². The molecule has 5 nitrogen and oxygen atoms in total. The average molecular weight is 354 g/mol. The van der Waals surface area contributed by atoms with Crippen molar-refractivity contribution in [1.82, 2.24) is 9.88 Å². The molecule has 0 N–H and O–H groups in total. The SMILES string of the molecule is CC(C)(C)OC(=O)N1CCCC[C@H]1c1ccc(Oc2ccccc2)nc1. The number of hydrogen-bond donors (Lipinski definition) is 0. The topological polar surface area (TPSA) is 51.7 Å². The van der Waals surface area contributed by atoms with E-state index < -0.39 is 5.60 Å². The maximum absolute atomic E-state index is 12.6. The summed E-state index contributed by atoms with van der Waals surface area (Å²) in [4.78, 5) is 18.8. The van der Waals surface area contributed by atoms with Crippen LogP contribution in [0.1, 0.15) is 51.6 Å². The number of aromatic nitrogens is 1. The number of carbonyl (C=O) groups excluding carboxylic acids is 1. The first-order chi connectivity index (χ1) is 12.4. The minimum Gasteiger partial charge on any atom is -0.444 e. The molecule has 1 aliphatic heterocycles. The fraction of sp³-hybridized carbons (Fsp3) is 0.429. The Morgan fingerprint density at radius 3 is 2.54 bits per heavy atom. The van der Waals surface area contributed by atoms with Gasteiger partial charge in [0, 0.05) is 18.8 Å². The summed E-state index contributed by atoms with van der Waals surface area (Å²) in [5.41, 5.74) is 0.515. The van der Waals surface area contributed by atoms with Gasteiger partial charge in [-0.15, -0.1) is 0 Å². The summed E-state index contributed by atoms with van der Waals surface area (Å²) in [6, 6.07) is 13.4. The highest BCUT2D eigenvalue weighted by Gasteiger charge is 2.31. The van der Waals surface area contributed by atoms with E-state index in [1.165, 1.54) is 0 Å². The first-order valence-electron chi connectivity index (χ1n) is 9.11. The molecule has 0 bridgehead atoms. The van der Waals surface area contributed by atoms with Crippen LogP contribution in [0, 0.1) is 0 Å². The minimum absolute atomic E-state index is 0.00289. The fourth-order valence-corrected chi connectivity index (χ4v) is 3.08. The largest absolute Gasteiger partial charge is 0.444 e. The van der Waals surface area contributed by atoms with Gasteiger partial charge in [-0.05, 0) is 57.7 Å². The Morgan fingerprint density at radius 1 is 1.12 bits per heavy atom. The molecule has 1 amide bonds. The Balaban J connectivity index is 1.72. The molecule has 1 fully saturated rings. The minimum atomic E-state index is -0.495. The number of likely N-dealkylation sites (tertiary alicyclic amines) is 1. The van der Waals surface area contributed by atoms with Crippen LogP contribution in [0.25, 0.3) is 0 Å². The Kier molecular flexibility index (Phi) is 5.45. The van der Waals surface area contributed by atoms with Crippen molar-refractivity contribution in [2.75, 3.05) is 6.54 Å². The lowest BCUT2D eigenvalue weighted by atomic mass is 9.97. The first-order valence-corrected chi connectivity index (χ1v) is 9.11. The third kappa shape index (κ3) is 4.75. The van der Waals surface area contributed by atoms with Crippen LogP contribution in [0.15, 0.2) is 48.7 Å². The van der Waals surface area contributed by atoms with Crippen molar-refractivity contribution in [2.24, 2.45) is 0 Å². The zero-order valence-electron chi connectivity index (χ0n) is 15.6. The molecule has 0 aliphatic carbocycles. The van der Waals surface area contributed by atoms with Crippen LogP contribution >= 0.6 is 0 Å². The van der Waals surface area contributed by atoms with E-state index in [-0.39, 0.29) is 12.1 Å². The van der Waals surface area contributed by atoms with E-state index in [9.17, 15) is 4.79 Å². The summed E-state index contributed by atoms with van der Waals surface area (Å²) < 4.78 is 11.3. The van der Waals surface area contributed by atoms with Gasteiger partial charge in [-0.3, -0.25) is 0 Å². The molecule has 1 saturated heterocycles. The molecule has 0 saturated carbocycles. The van der Waals surface area contributed by atoms with Crippen molar-refractivity contribution < 1.29 is 14.3 Å². The number of piperidine rings is 1. The van der Waals surface area contributed by atoms with Gasteiger partial charge in [-0.25, -0.2) is 9.78 Å². The number of benzene rings is 1. The molecule has 3 rings (SSSR count). The summed E-state index contributed by atoms with van der Waals surface area (Å²) >= 11 is 0. The van der Waals surface area contributed by atoms with E-state index in [4.69, 9.17) is 9.47 Å². The number of para-hydroxylation sites is 1. The van der Waals surface area contributed by atoms with Gasteiger partial charge >= 0.3 is 6.09 Å². The number of amides is 1. The number of carbonyl (C=O) groups is 1. The first kappa shape index (κ1) is 18.2. The van der Waals surface area contributed by atoms with Crippen molar-refractivity contribution in [3.05, 3.63) is 54.2 Å². The summed E-state index contributed by atoms with van der Waals surface area (Å²) in [5.74, 6) is 1.29. The Labute approximate surface area is 155 Å². The molecule has 138 valence electrons. The fourth-order valence-electron chi connectivity index (χ4n) is 3.08. The normalized spacial score (nSPS) is 17.7. The standard InChI is InChI=1S/C21H26N2O3/c1-21(2,3)26-20(24)23-14-8-7-11-18(23)16-12-13-19(22-15-16)25-17-9-5-4-6-10-17/h4-6,9-10,12-13,15,18H,7-8,11,14H2,1-3H3/t18-/m0/s1. The number of rotatable bonds is 3. The van der Waals surface area contributed by atoms with Gasteiger partial charge in [0.15, 0.2) is 0 Å². The second kappa shape index (κ2) is 7.77. The lowest BCUT2D eigenvalue weighted by Crippen LogP contribution is -2.41. The molecule has 1 aromatic heterocycles. The molecular formula is C21H26N2O3. The number of nitrogens with zero attached hydrogens (tertiary/aromatic N) is 2. The summed E-state index contributed by atoms with van der Waals surface area (Å²) in [5, 5.41) is 0. The monoisotopic (exact) mass is 354 g/mol. The van der Waals surface area contributed by atoms with Gasteiger partial charge < -0.3 is 14.4 Å². The van der Waals surface area contributed by atoms with Gasteiger partial charge in [0.2, 0.25) is 5.88 Å². The predicted octanol–water partition coefficient (Wildman–Crippen LogP) is 5.34. The van der Waals surface area contributed by atoms with Crippen LogP contribution in [0.4, 0.5) is 4.79 Å². The highest BCUT2D eigenvalue weighted by molar-refractivity contribution is 5.69. The molecule has 0 unspecified atom stereocenters. The maximum Gasteiger partial charge on any atom is 0.410 e. The smallest absolute Gasteiger partial charge is 0.410 e. The van der Waals surface area contributed by atoms with Crippen LogP contribution < -0.4 is 4.74 Å². The summed E-state index contributed by atoms with van der Waals surface area (Å²) in [7, 11) is 0. The van der Waals surface area contributed by atoms with E-state index in [1.54, 1.807) is 6.20 Å². The van der Waals surface area contributed by atoms with E-state index in [0.29, 0.717) is 12.4 Å². The quantitative estimate of drug-likeness (QED) is 0.747. The van der Waals surface area contributed by atoms with E-state index in [0.717, 1.165) is 30.6 Å². The van der Waals surface area contributed by atoms with Gasteiger partial charge in [0.25, 0.3) is 0 Å². The van der Waals surface area contributed by atoms with Crippen LogP contribution in [-0.4, -0.2) is 28.1 Å². The highest BCUT2D eigenvalue weighted by atomic mass is 16.6. The zero-order chi connectivity index (χ0) is 18.6. The van der Waals surface area contributed by atoms with E-state index in [1.807, 2.05) is 68.1 Å². The number of hydrogen-bond acceptors (Lipinski definition) is 4. The predicted molar refractivity (Wildman–Crippen MR) is 100 cm³/mol. The average Bonchev–Trinajstić information content (AvgIpc) is 2.62. The van der Waals surface area contributed by atoms with Gasteiger partial charge in [0.05, 0.1) is 6.04 Å². The van der Waals surface area contributed by atoms with Crippen LogP contribution in [-0.2, 0) is 4.74 Å². The second-order valence-corrected chi connectivity index (χ2v) is 7.53. The zero-order valence-corrected chi connectivity index (χ0v) is 15.6. The van der Waals surface area contributed by atoms with Crippen molar-refractivity contribution >= 4 is 6.09 Å². The molecule has 5 heteroatoms. The Bertz CT molecular complexity index is 723. The van der Waals surface area contributed by atoms with Crippen molar-refractivity contribution in [1.29, 1.82) is 0 Å². The molecule has 2 heterocycles. The highest BCUT2D eigenvalue weighted by Crippen LogP contribution is 2.32. The van der Waals surface area contributed by atoms with E-state index >= 15 is 0 Å². The number of pyridine rings is 1. The molecule has 1 aliphatic rings. The van der Waals surface area contributed by atoms with Gasteiger partial charge in [0.1, 0.15) is 11.4 Å². The molecule has 2 aromatic rings. The van der Waals surface area contributed by atoms with Crippen molar-refractivity contribution in [2.45, 2.75) is 51.7 Å². The lowest BCUT2D eigenvalue weighted by molar-refractivity contribution is 0.00948. The van der Waals surface area contributed by atoms with Gasteiger partial charge in [-0.1, -0.05) is 24.3 Å². The number of ether oxygens (including phenoxy) is 2. The van der Waals surface area contributed by atoms with Crippen LogP contribution in [0.2, 0.25) is 0 Å². The van der Waals surface area contributed by atoms with Crippen LogP contribution in [0.5, 0.6) is 11.6 Å². The molecule has 26 heavy (non-hydrogen) atoms. The van der Waals surface area contributed by atoms with E-state index in [2.05, 4.69) is 4.98 Å². The summed E-state index contributed by atoms with van der Waals surface area (Å²) in [6.07, 6.45) is 4.54. The lowest BCUT2D eigenvalue weighted by Gasteiger charge is -2.36.